The SMILES string of the molecule is C[C@@H]1CN2c3c(c(=O)n(C)c4ccc(Br)nc34)NC(=O)[C@H]2CN1C(=O)OC(C)(C)C. The van der Waals surface area contributed by atoms with Crippen LogP contribution in [-0.4, -0.2) is 57.2 Å². The molecule has 1 saturated heterocycles. The Hall–Kier alpha value is -2.62. The summed E-state index contributed by atoms with van der Waals surface area (Å²) in [5.74, 6) is -0.325. The first kappa shape index (κ1) is 20.6. The number of halogens is 1. The Labute approximate surface area is 182 Å². The zero-order chi connectivity index (χ0) is 22.0. The molecule has 10 heteroatoms. The lowest BCUT2D eigenvalue weighted by molar-refractivity contribution is -0.118. The van der Waals surface area contributed by atoms with Crippen molar-refractivity contribution >= 4 is 50.3 Å². The molecule has 2 aromatic rings. The highest BCUT2D eigenvalue weighted by Crippen LogP contribution is 2.38. The van der Waals surface area contributed by atoms with E-state index in [4.69, 9.17) is 4.74 Å². The number of aromatic nitrogens is 2. The van der Waals surface area contributed by atoms with E-state index in [9.17, 15) is 14.4 Å². The smallest absolute Gasteiger partial charge is 0.410 e. The first-order valence-corrected chi connectivity index (χ1v) is 10.5. The van der Waals surface area contributed by atoms with E-state index in [1.165, 1.54) is 4.57 Å². The number of pyridine rings is 2. The van der Waals surface area contributed by atoms with Gasteiger partial charge in [-0.15, -0.1) is 0 Å². The number of carbonyl (C=O) groups excluding carboxylic acids is 2. The number of piperazine rings is 1. The second kappa shape index (κ2) is 6.97. The molecule has 2 aliphatic rings. The summed E-state index contributed by atoms with van der Waals surface area (Å²) in [6.07, 6.45) is -0.456. The molecule has 4 rings (SSSR count). The zero-order valence-electron chi connectivity index (χ0n) is 17.5. The van der Waals surface area contributed by atoms with Gasteiger partial charge in [0.25, 0.3) is 5.56 Å². The topological polar surface area (TPSA) is 96.8 Å². The number of hydrogen-bond donors (Lipinski definition) is 1. The van der Waals surface area contributed by atoms with Crippen LogP contribution in [0.2, 0.25) is 0 Å². The molecule has 2 atom stereocenters. The van der Waals surface area contributed by atoms with E-state index in [1.54, 1.807) is 38.8 Å². The lowest BCUT2D eigenvalue weighted by Crippen LogP contribution is -2.65. The molecular formula is C20H24BrN5O4. The van der Waals surface area contributed by atoms with Crippen LogP contribution in [0.15, 0.2) is 21.5 Å². The molecule has 0 bridgehead atoms. The summed E-state index contributed by atoms with van der Waals surface area (Å²) >= 11 is 3.40. The molecule has 0 saturated carbocycles. The lowest BCUT2D eigenvalue weighted by atomic mass is 10.0. The maximum atomic E-state index is 12.9. The van der Waals surface area contributed by atoms with E-state index in [-0.39, 0.29) is 29.7 Å². The van der Waals surface area contributed by atoms with E-state index in [0.717, 1.165) is 0 Å². The molecule has 160 valence electrons. The maximum Gasteiger partial charge on any atom is 0.410 e. The quantitative estimate of drug-likeness (QED) is 0.585. The fourth-order valence-electron chi connectivity index (χ4n) is 3.99. The number of fused-ring (bicyclic) bond motifs is 5. The Kier molecular flexibility index (Phi) is 4.80. The van der Waals surface area contributed by atoms with Crippen LogP contribution in [0.5, 0.6) is 0 Å². The number of aryl methyl sites for hydroxylation is 1. The van der Waals surface area contributed by atoms with Gasteiger partial charge in [0.15, 0.2) is 0 Å². The molecule has 2 amide bonds. The first-order chi connectivity index (χ1) is 14.0. The number of rotatable bonds is 0. The third kappa shape index (κ3) is 3.32. The van der Waals surface area contributed by atoms with Crippen molar-refractivity contribution in [1.82, 2.24) is 14.5 Å². The van der Waals surface area contributed by atoms with Crippen molar-refractivity contribution in [1.29, 1.82) is 0 Å². The van der Waals surface area contributed by atoms with Crippen LogP contribution in [0, 0.1) is 0 Å². The standard InChI is InChI=1S/C20H24BrN5O4/c1-10-8-26-12(9-25(10)19(29)30-20(2,3)4)17(27)23-15-16(26)14-11(24(5)18(15)28)6-7-13(21)22-14/h6-7,10,12H,8-9H2,1-5H3,(H,23,27)/t10-,12-/m1/s1. The van der Waals surface area contributed by atoms with Gasteiger partial charge in [0.1, 0.15) is 27.5 Å². The predicted molar refractivity (Wildman–Crippen MR) is 117 cm³/mol. The number of ether oxygens (including phenoxy) is 1. The third-order valence-corrected chi connectivity index (χ3v) is 5.83. The predicted octanol–water partition coefficient (Wildman–Crippen LogP) is 2.46. The van der Waals surface area contributed by atoms with Crippen LogP contribution in [0.4, 0.5) is 16.2 Å². The minimum atomic E-state index is -0.641. The third-order valence-electron chi connectivity index (χ3n) is 5.39. The molecule has 30 heavy (non-hydrogen) atoms. The Morgan fingerprint density at radius 3 is 2.63 bits per heavy atom. The van der Waals surface area contributed by atoms with Crippen molar-refractivity contribution in [3.8, 4) is 0 Å². The summed E-state index contributed by atoms with van der Waals surface area (Å²) < 4.78 is 7.63. The van der Waals surface area contributed by atoms with Crippen molar-refractivity contribution in [3.63, 3.8) is 0 Å². The number of amides is 2. The van der Waals surface area contributed by atoms with Crippen LogP contribution >= 0.6 is 15.9 Å². The van der Waals surface area contributed by atoms with Crippen LogP contribution in [0.3, 0.4) is 0 Å². The van der Waals surface area contributed by atoms with Gasteiger partial charge < -0.3 is 24.4 Å². The molecule has 1 N–H and O–H groups in total. The molecule has 0 unspecified atom stereocenters. The average Bonchev–Trinajstić information content (AvgIpc) is 2.64. The number of nitrogens with zero attached hydrogens (tertiary/aromatic N) is 4. The number of hydrogen-bond acceptors (Lipinski definition) is 6. The summed E-state index contributed by atoms with van der Waals surface area (Å²) in [5.41, 5.74) is 1.16. The molecule has 0 spiro atoms. The van der Waals surface area contributed by atoms with E-state index < -0.39 is 17.7 Å². The van der Waals surface area contributed by atoms with Crippen molar-refractivity contribution < 1.29 is 14.3 Å². The van der Waals surface area contributed by atoms with Gasteiger partial charge in [-0.25, -0.2) is 9.78 Å². The molecule has 2 aliphatic heterocycles. The largest absolute Gasteiger partial charge is 0.444 e. The summed E-state index contributed by atoms with van der Waals surface area (Å²) in [6.45, 7) is 7.86. The second-order valence-corrected chi connectivity index (χ2v) is 9.54. The molecule has 0 aliphatic carbocycles. The van der Waals surface area contributed by atoms with Gasteiger partial charge in [-0.2, -0.15) is 0 Å². The van der Waals surface area contributed by atoms with Gasteiger partial charge >= 0.3 is 6.09 Å². The highest BCUT2D eigenvalue weighted by atomic mass is 79.9. The summed E-state index contributed by atoms with van der Waals surface area (Å²) in [4.78, 5) is 46.6. The number of nitrogens with one attached hydrogen (secondary N) is 1. The van der Waals surface area contributed by atoms with Crippen molar-refractivity contribution in [2.24, 2.45) is 7.05 Å². The fourth-order valence-corrected chi connectivity index (χ4v) is 4.30. The van der Waals surface area contributed by atoms with Gasteiger partial charge in [-0.05, 0) is 55.8 Å². The van der Waals surface area contributed by atoms with Gasteiger partial charge in [0.2, 0.25) is 5.91 Å². The van der Waals surface area contributed by atoms with E-state index in [2.05, 4.69) is 26.2 Å². The molecule has 4 heterocycles. The monoisotopic (exact) mass is 477 g/mol. The Morgan fingerprint density at radius 1 is 1.27 bits per heavy atom. The normalized spacial score (nSPS) is 21.2. The van der Waals surface area contributed by atoms with E-state index in [1.807, 2.05) is 17.9 Å². The maximum absolute atomic E-state index is 12.9. The molecule has 2 aromatic heterocycles. The van der Waals surface area contributed by atoms with Crippen LogP contribution in [-0.2, 0) is 16.6 Å². The Morgan fingerprint density at radius 2 is 1.97 bits per heavy atom. The Bertz CT molecular complexity index is 1120. The van der Waals surface area contributed by atoms with Gasteiger partial charge in [0, 0.05) is 19.6 Å². The molecule has 0 radical (unpaired) electrons. The average molecular weight is 478 g/mol. The van der Waals surface area contributed by atoms with Crippen LogP contribution in [0.1, 0.15) is 27.7 Å². The van der Waals surface area contributed by atoms with Gasteiger partial charge in [0.05, 0.1) is 17.7 Å². The van der Waals surface area contributed by atoms with Crippen molar-refractivity contribution in [3.05, 3.63) is 27.1 Å². The molecule has 9 nitrogen and oxygen atoms in total. The van der Waals surface area contributed by atoms with Crippen LogP contribution < -0.4 is 15.8 Å². The van der Waals surface area contributed by atoms with Gasteiger partial charge in [-0.1, -0.05) is 0 Å². The Balaban J connectivity index is 1.81. The van der Waals surface area contributed by atoms with Crippen molar-refractivity contribution in [2.75, 3.05) is 23.3 Å². The van der Waals surface area contributed by atoms with E-state index in [0.29, 0.717) is 27.9 Å². The molecule has 1 fully saturated rings. The summed E-state index contributed by atoms with van der Waals surface area (Å²) in [7, 11) is 1.65. The summed E-state index contributed by atoms with van der Waals surface area (Å²) in [6, 6.07) is 2.73. The van der Waals surface area contributed by atoms with Crippen molar-refractivity contribution in [2.45, 2.75) is 45.4 Å². The van der Waals surface area contributed by atoms with Crippen LogP contribution in [0.25, 0.3) is 11.0 Å². The first-order valence-electron chi connectivity index (χ1n) is 9.74. The number of carbonyl (C=O) groups is 2. The fraction of sp³-hybridized carbons (Fsp3) is 0.500. The van der Waals surface area contributed by atoms with E-state index >= 15 is 0 Å². The summed E-state index contributed by atoms with van der Waals surface area (Å²) in [5, 5.41) is 2.75. The minimum absolute atomic E-state index is 0.159. The minimum Gasteiger partial charge on any atom is -0.444 e. The zero-order valence-corrected chi connectivity index (χ0v) is 19.1. The molecular weight excluding hydrogens is 454 g/mol. The second-order valence-electron chi connectivity index (χ2n) is 8.73. The number of anilines is 2. The van der Waals surface area contributed by atoms with Gasteiger partial charge in [-0.3, -0.25) is 9.59 Å². The highest BCUT2D eigenvalue weighted by molar-refractivity contribution is 9.10. The highest BCUT2D eigenvalue weighted by Gasteiger charge is 2.44. The molecule has 0 aromatic carbocycles. The lowest BCUT2D eigenvalue weighted by Gasteiger charge is -2.47.